The summed E-state index contributed by atoms with van der Waals surface area (Å²) in [7, 11) is 4.05. The van der Waals surface area contributed by atoms with E-state index in [0.717, 1.165) is 115 Å². The van der Waals surface area contributed by atoms with E-state index in [0.29, 0.717) is 19.6 Å². The van der Waals surface area contributed by atoms with Crippen molar-refractivity contribution in [3.8, 4) is 0 Å². The van der Waals surface area contributed by atoms with Gasteiger partial charge >= 0.3 is 17.9 Å². The Bertz CT molecular complexity index is 929. The van der Waals surface area contributed by atoms with Crippen LogP contribution in [0.5, 0.6) is 0 Å². The highest BCUT2D eigenvalue weighted by molar-refractivity contribution is 5.76. The summed E-state index contributed by atoms with van der Waals surface area (Å²) < 4.78 is 17.6. The average Bonchev–Trinajstić information content (AvgIpc) is 3.17. The number of nitrogens with zero attached hydrogens (tertiary/aromatic N) is 1. The van der Waals surface area contributed by atoms with Crippen LogP contribution >= 0.6 is 0 Å². The number of esters is 3. The van der Waals surface area contributed by atoms with Crippen LogP contribution in [0.15, 0.2) is 0 Å². The second kappa shape index (κ2) is 36.1. The first kappa shape index (κ1) is 56.4. The summed E-state index contributed by atoms with van der Waals surface area (Å²) in [5.74, 6) is 1.27. The predicted molar refractivity (Wildman–Crippen MR) is 246 cm³/mol. The maximum absolute atomic E-state index is 13.0. The third-order valence-electron chi connectivity index (χ3n) is 12.4. The number of hydrogen-bond acceptors (Lipinski definition) is 7. The summed E-state index contributed by atoms with van der Waals surface area (Å²) in [5, 5.41) is 0. The van der Waals surface area contributed by atoms with Gasteiger partial charge in [0.1, 0.15) is 6.10 Å². The van der Waals surface area contributed by atoms with E-state index >= 15 is 0 Å². The van der Waals surface area contributed by atoms with Crippen molar-refractivity contribution in [2.75, 3.05) is 33.9 Å². The Hall–Kier alpha value is -1.63. The van der Waals surface area contributed by atoms with Gasteiger partial charge in [0.05, 0.1) is 24.0 Å². The van der Waals surface area contributed by atoms with Crippen LogP contribution in [0.4, 0.5) is 0 Å². The Balaban J connectivity index is 4.75. The van der Waals surface area contributed by atoms with E-state index in [1.807, 2.05) is 41.8 Å². The molecule has 0 aromatic rings. The Morgan fingerprint density at radius 3 is 1.24 bits per heavy atom. The van der Waals surface area contributed by atoms with Gasteiger partial charge in [0.25, 0.3) is 0 Å². The van der Waals surface area contributed by atoms with Crippen molar-refractivity contribution in [3.63, 3.8) is 0 Å². The lowest BCUT2D eigenvalue weighted by molar-refractivity contribution is -0.155. The standard InChI is InChI=1S/C51H99NO6/c1-11-15-21-32-44(30-17-13-3)34-28-42-56-48(54)50(5,6)39-25-19-23-36-46(58-47(53)38-27-41-52(9)10)37-24-20-26-40-51(7,8)49(55)57-43-29-35-45(31-18-14-4)33-22-16-12-2/h44-46H,11-43H2,1-10H3. The van der Waals surface area contributed by atoms with E-state index in [-0.39, 0.29) is 24.0 Å². The van der Waals surface area contributed by atoms with E-state index < -0.39 is 10.8 Å². The average molecular weight is 822 g/mol. The van der Waals surface area contributed by atoms with E-state index in [1.54, 1.807) is 0 Å². The Kier molecular flexibility index (Phi) is 35.0. The summed E-state index contributed by atoms with van der Waals surface area (Å²) in [6.07, 6.45) is 32.6. The second-order valence-corrected chi connectivity index (χ2v) is 19.5. The molecule has 0 radical (unpaired) electrons. The van der Waals surface area contributed by atoms with Gasteiger partial charge in [-0.05, 0) is 131 Å². The van der Waals surface area contributed by atoms with Crippen molar-refractivity contribution >= 4 is 17.9 Å². The lowest BCUT2D eigenvalue weighted by Gasteiger charge is -2.24. The predicted octanol–water partition coefficient (Wildman–Crippen LogP) is 14.6. The molecule has 0 amide bonds. The molecule has 7 heteroatoms. The number of carbonyl (C=O) groups is 3. The fraction of sp³-hybridized carbons (Fsp3) is 0.941. The van der Waals surface area contributed by atoms with Crippen LogP contribution in [0.1, 0.15) is 248 Å². The smallest absolute Gasteiger partial charge is 0.311 e. The van der Waals surface area contributed by atoms with Gasteiger partial charge in [0.15, 0.2) is 0 Å². The maximum Gasteiger partial charge on any atom is 0.311 e. The minimum Gasteiger partial charge on any atom is -0.465 e. The number of carbonyl (C=O) groups excluding carboxylic acids is 3. The lowest BCUT2D eigenvalue weighted by Crippen LogP contribution is -2.27. The molecule has 0 saturated heterocycles. The quantitative estimate of drug-likeness (QED) is 0.0345. The third-order valence-corrected chi connectivity index (χ3v) is 12.4. The largest absolute Gasteiger partial charge is 0.465 e. The monoisotopic (exact) mass is 822 g/mol. The highest BCUT2D eigenvalue weighted by Crippen LogP contribution is 2.29. The van der Waals surface area contributed by atoms with Crippen LogP contribution in [0.2, 0.25) is 0 Å². The van der Waals surface area contributed by atoms with Crippen molar-refractivity contribution in [1.82, 2.24) is 4.90 Å². The maximum atomic E-state index is 13.0. The van der Waals surface area contributed by atoms with Gasteiger partial charge in [0, 0.05) is 6.42 Å². The molecule has 7 nitrogen and oxygen atoms in total. The Morgan fingerprint density at radius 2 is 0.845 bits per heavy atom. The summed E-state index contributed by atoms with van der Waals surface area (Å²) in [4.78, 5) is 40.9. The van der Waals surface area contributed by atoms with Crippen molar-refractivity contribution in [2.24, 2.45) is 22.7 Å². The molecular weight excluding hydrogens is 723 g/mol. The highest BCUT2D eigenvalue weighted by Gasteiger charge is 2.30. The second-order valence-electron chi connectivity index (χ2n) is 19.5. The van der Waals surface area contributed by atoms with E-state index in [1.165, 1.54) is 89.9 Å². The summed E-state index contributed by atoms with van der Waals surface area (Å²) in [6.45, 7) is 19.1. The Labute approximate surface area is 361 Å². The van der Waals surface area contributed by atoms with Gasteiger partial charge in [-0.25, -0.2) is 0 Å². The van der Waals surface area contributed by atoms with Crippen LogP contribution in [-0.4, -0.2) is 62.8 Å². The molecule has 0 aliphatic rings. The first-order chi connectivity index (χ1) is 27.7. The summed E-state index contributed by atoms with van der Waals surface area (Å²) in [5.41, 5.74) is -0.987. The van der Waals surface area contributed by atoms with Crippen molar-refractivity contribution in [2.45, 2.75) is 254 Å². The zero-order valence-corrected chi connectivity index (χ0v) is 40.5. The molecule has 0 aliphatic heterocycles. The van der Waals surface area contributed by atoms with Crippen LogP contribution in [0.3, 0.4) is 0 Å². The molecule has 0 aromatic heterocycles. The molecule has 0 fully saturated rings. The van der Waals surface area contributed by atoms with Crippen LogP contribution in [0.25, 0.3) is 0 Å². The fourth-order valence-corrected chi connectivity index (χ4v) is 8.16. The number of unbranched alkanes of at least 4 members (excludes halogenated alkanes) is 10. The number of rotatable bonds is 41. The molecule has 0 rings (SSSR count). The van der Waals surface area contributed by atoms with E-state index in [2.05, 4.69) is 32.6 Å². The van der Waals surface area contributed by atoms with Gasteiger partial charge in [-0.3, -0.25) is 14.4 Å². The van der Waals surface area contributed by atoms with Crippen molar-refractivity contribution in [1.29, 1.82) is 0 Å². The molecule has 0 N–H and O–H groups in total. The van der Waals surface area contributed by atoms with Gasteiger partial charge in [-0.1, -0.05) is 143 Å². The molecule has 344 valence electrons. The highest BCUT2D eigenvalue weighted by atomic mass is 16.5. The third kappa shape index (κ3) is 31.3. The van der Waals surface area contributed by atoms with Crippen LogP contribution in [-0.2, 0) is 28.6 Å². The molecule has 2 atom stereocenters. The molecule has 0 heterocycles. The number of ether oxygens (including phenoxy) is 3. The van der Waals surface area contributed by atoms with Crippen molar-refractivity contribution < 1.29 is 28.6 Å². The Morgan fingerprint density at radius 1 is 0.466 bits per heavy atom. The van der Waals surface area contributed by atoms with Gasteiger partial charge in [0.2, 0.25) is 0 Å². The molecular formula is C51H99NO6. The molecule has 0 aromatic carbocycles. The topological polar surface area (TPSA) is 82.1 Å². The zero-order valence-electron chi connectivity index (χ0n) is 40.5. The summed E-state index contributed by atoms with van der Waals surface area (Å²) >= 11 is 0. The molecule has 2 unspecified atom stereocenters. The molecule has 0 spiro atoms. The first-order valence-corrected chi connectivity index (χ1v) is 24.9. The van der Waals surface area contributed by atoms with Gasteiger partial charge in [-0.15, -0.1) is 0 Å². The minimum atomic E-state index is -0.494. The molecule has 0 saturated carbocycles. The van der Waals surface area contributed by atoms with Gasteiger partial charge < -0.3 is 19.1 Å². The fourth-order valence-electron chi connectivity index (χ4n) is 8.16. The zero-order chi connectivity index (χ0) is 43.5. The first-order valence-electron chi connectivity index (χ1n) is 24.9. The van der Waals surface area contributed by atoms with Crippen LogP contribution < -0.4 is 0 Å². The van der Waals surface area contributed by atoms with E-state index in [4.69, 9.17) is 14.2 Å². The minimum absolute atomic E-state index is 0.0753. The SMILES string of the molecule is CCCCCC(CCCC)CCCOC(=O)C(C)(C)CCCCCC(CCCCCC(C)(C)C(=O)OCCCC(CCCC)CCCCC)OC(=O)CCCN(C)C. The molecule has 0 bridgehead atoms. The van der Waals surface area contributed by atoms with Crippen molar-refractivity contribution in [3.05, 3.63) is 0 Å². The number of hydrogen-bond donors (Lipinski definition) is 0. The normalized spacial score (nSPS) is 13.7. The van der Waals surface area contributed by atoms with Crippen LogP contribution in [0, 0.1) is 22.7 Å². The lowest BCUT2D eigenvalue weighted by atomic mass is 9.86. The molecule has 58 heavy (non-hydrogen) atoms. The summed E-state index contributed by atoms with van der Waals surface area (Å²) in [6, 6.07) is 0. The van der Waals surface area contributed by atoms with E-state index in [9.17, 15) is 14.4 Å². The van der Waals surface area contributed by atoms with Gasteiger partial charge in [-0.2, -0.15) is 0 Å². The molecule has 0 aliphatic carbocycles.